The average Bonchev–Trinajstić information content (AvgIpc) is 2.47. The van der Waals surface area contributed by atoms with E-state index >= 15 is 0 Å². The number of ketones is 1. The van der Waals surface area contributed by atoms with Crippen LogP contribution in [0.25, 0.3) is 5.65 Å². The van der Waals surface area contributed by atoms with Crippen molar-refractivity contribution in [3.8, 4) is 0 Å². The second-order valence-electron chi connectivity index (χ2n) is 2.95. The molecule has 2 heterocycles. The van der Waals surface area contributed by atoms with E-state index in [4.69, 9.17) is 0 Å². The Bertz CT molecular complexity index is 473. The standard InChI is InChI=1S/C9H9N3O/c1-6(13)8-3-4-12-7(2)10-11-9(12)5-8/h3-5H,1-2H3. The Morgan fingerprint density at radius 1 is 1.46 bits per heavy atom. The lowest BCUT2D eigenvalue weighted by Crippen LogP contribution is -1.94. The van der Waals surface area contributed by atoms with Crippen molar-refractivity contribution in [2.24, 2.45) is 0 Å². The van der Waals surface area contributed by atoms with Crippen LogP contribution in [0.4, 0.5) is 0 Å². The summed E-state index contributed by atoms with van der Waals surface area (Å²) in [6, 6.07) is 3.51. The van der Waals surface area contributed by atoms with Gasteiger partial charge in [0.1, 0.15) is 5.82 Å². The topological polar surface area (TPSA) is 47.3 Å². The number of aryl methyl sites for hydroxylation is 1. The second-order valence-corrected chi connectivity index (χ2v) is 2.95. The van der Waals surface area contributed by atoms with E-state index in [0.29, 0.717) is 11.2 Å². The molecule has 0 atom stereocenters. The summed E-state index contributed by atoms with van der Waals surface area (Å²) in [6.45, 7) is 3.41. The zero-order valence-corrected chi connectivity index (χ0v) is 7.48. The average molecular weight is 175 g/mol. The highest BCUT2D eigenvalue weighted by molar-refractivity contribution is 5.94. The number of aromatic nitrogens is 3. The van der Waals surface area contributed by atoms with Gasteiger partial charge in [-0.3, -0.25) is 9.20 Å². The molecule has 4 heteroatoms. The molecular weight excluding hydrogens is 166 g/mol. The molecule has 0 unspecified atom stereocenters. The molecule has 66 valence electrons. The van der Waals surface area contributed by atoms with E-state index in [1.54, 1.807) is 18.3 Å². The lowest BCUT2D eigenvalue weighted by atomic mass is 10.2. The first-order valence-corrected chi connectivity index (χ1v) is 4.01. The molecule has 0 aliphatic rings. The molecule has 0 saturated heterocycles. The van der Waals surface area contributed by atoms with Crippen LogP contribution in [-0.4, -0.2) is 20.4 Å². The summed E-state index contributed by atoms with van der Waals surface area (Å²) < 4.78 is 1.84. The summed E-state index contributed by atoms with van der Waals surface area (Å²) in [7, 11) is 0. The van der Waals surface area contributed by atoms with Crippen molar-refractivity contribution in [3.05, 3.63) is 29.7 Å². The molecule has 0 saturated carbocycles. The third-order valence-corrected chi connectivity index (χ3v) is 1.99. The molecule has 0 fully saturated rings. The molecule has 2 aromatic rings. The van der Waals surface area contributed by atoms with Crippen molar-refractivity contribution in [1.29, 1.82) is 0 Å². The number of fused-ring (bicyclic) bond motifs is 1. The van der Waals surface area contributed by atoms with Crippen molar-refractivity contribution < 1.29 is 4.79 Å². The number of pyridine rings is 1. The predicted octanol–water partition coefficient (Wildman–Crippen LogP) is 1.24. The van der Waals surface area contributed by atoms with Gasteiger partial charge in [0.05, 0.1) is 0 Å². The molecule has 13 heavy (non-hydrogen) atoms. The first-order chi connectivity index (χ1) is 6.18. The van der Waals surface area contributed by atoms with Gasteiger partial charge in [-0.2, -0.15) is 0 Å². The van der Waals surface area contributed by atoms with Crippen molar-refractivity contribution in [2.45, 2.75) is 13.8 Å². The normalized spacial score (nSPS) is 10.6. The maximum absolute atomic E-state index is 11.0. The monoisotopic (exact) mass is 175 g/mol. The van der Waals surface area contributed by atoms with Crippen LogP contribution in [-0.2, 0) is 0 Å². The highest BCUT2D eigenvalue weighted by Crippen LogP contribution is 2.06. The van der Waals surface area contributed by atoms with E-state index in [-0.39, 0.29) is 5.78 Å². The van der Waals surface area contributed by atoms with Gasteiger partial charge in [-0.1, -0.05) is 0 Å². The Hall–Kier alpha value is -1.71. The Balaban J connectivity index is 2.70. The summed E-state index contributed by atoms with van der Waals surface area (Å²) in [5.41, 5.74) is 1.38. The van der Waals surface area contributed by atoms with Gasteiger partial charge < -0.3 is 0 Å². The summed E-state index contributed by atoms with van der Waals surface area (Å²) >= 11 is 0. The smallest absolute Gasteiger partial charge is 0.161 e. The highest BCUT2D eigenvalue weighted by atomic mass is 16.1. The van der Waals surface area contributed by atoms with E-state index in [9.17, 15) is 4.79 Å². The van der Waals surface area contributed by atoms with Crippen LogP contribution in [0.1, 0.15) is 23.1 Å². The molecule has 0 bridgehead atoms. The minimum atomic E-state index is 0.0446. The van der Waals surface area contributed by atoms with Gasteiger partial charge in [-0.05, 0) is 26.0 Å². The number of carbonyl (C=O) groups is 1. The first kappa shape index (κ1) is 7.91. The molecular formula is C9H9N3O. The van der Waals surface area contributed by atoms with E-state index < -0.39 is 0 Å². The molecule has 0 radical (unpaired) electrons. The Morgan fingerprint density at radius 2 is 2.23 bits per heavy atom. The fourth-order valence-electron chi connectivity index (χ4n) is 1.23. The molecule has 0 aliphatic heterocycles. The van der Waals surface area contributed by atoms with Crippen molar-refractivity contribution in [1.82, 2.24) is 14.6 Å². The van der Waals surface area contributed by atoms with Crippen LogP contribution < -0.4 is 0 Å². The second kappa shape index (κ2) is 2.65. The maximum Gasteiger partial charge on any atom is 0.161 e. The minimum Gasteiger partial charge on any atom is -0.295 e. The largest absolute Gasteiger partial charge is 0.295 e. The highest BCUT2D eigenvalue weighted by Gasteiger charge is 2.03. The Kier molecular flexibility index (Phi) is 1.62. The molecule has 0 spiro atoms. The lowest BCUT2D eigenvalue weighted by Gasteiger charge is -1.96. The Morgan fingerprint density at radius 3 is 2.92 bits per heavy atom. The summed E-state index contributed by atoms with van der Waals surface area (Å²) in [5, 5.41) is 7.82. The molecule has 4 nitrogen and oxygen atoms in total. The lowest BCUT2D eigenvalue weighted by molar-refractivity contribution is 0.101. The van der Waals surface area contributed by atoms with Gasteiger partial charge >= 0.3 is 0 Å². The Labute approximate surface area is 75.2 Å². The molecule has 0 aromatic carbocycles. The first-order valence-electron chi connectivity index (χ1n) is 4.01. The van der Waals surface area contributed by atoms with Crippen molar-refractivity contribution >= 4 is 11.4 Å². The van der Waals surface area contributed by atoms with E-state index in [0.717, 1.165) is 5.82 Å². The number of hydrogen-bond donors (Lipinski definition) is 0. The summed E-state index contributed by atoms with van der Waals surface area (Å²) in [4.78, 5) is 11.0. The van der Waals surface area contributed by atoms with Crippen LogP contribution in [0.15, 0.2) is 18.3 Å². The zero-order chi connectivity index (χ0) is 9.42. The molecule has 0 aliphatic carbocycles. The zero-order valence-electron chi connectivity index (χ0n) is 7.48. The summed E-state index contributed by atoms with van der Waals surface area (Å²) in [6.07, 6.45) is 1.81. The minimum absolute atomic E-state index is 0.0446. The fourth-order valence-corrected chi connectivity index (χ4v) is 1.23. The van der Waals surface area contributed by atoms with E-state index in [2.05, 4.69) is 10.2 Å². The maximum atomic E-state index is 11.0. The SMILES string of the molecule is CC(=O)c1ccn2c(C)nnc2c1. The van der Waals surface area contributed by atoms with Crippen molar-refractivity contribution in [3.63, 3.8) is 0 Å². The molecule has 2 rings (SSSR count). The van der Waals surface area contributed by atoms with Gasteiger partial charge in [0.15, 0.2) is 11.4 Å². The summed E-state index contributed by atoms with van der Waals surface area (Å²) in [5.74, 6) is 0.869. The number of hydrogen-bond acceptors (Lipinski definition) is 3. The molecule has 2 aromatic heterocycles. The molecule has 0 N–H and O–H groups in total. The van der Waals surface area contributed by atoms with Crippen LogP contribution in [0.5, 0.6) is 0 Å². The van der Waals surface area contributed by atoms with E-state index in [1.165, 1.54) is 6.92 Å². The number of rotatable bonds is 1. The number of Topliss-reactive ketones (excluding diaryl/α,β-unsaturated/α-hetero) is 1. The van der Waals surface area contributed by atoms with E-state index in [1.807, 2.05) is 11.3 Å². The quantitative estimate of drug-likeness (QED) is 0.612. The number of nitrogens with zero attached hydrogens (tertiary/aromatic N) is 3. The van der Waals surface area contributed by atoms with Crippen LogP contribution in [0, 0.1) is 6.92 Å². The van der Waals surface area contributed by atoms with Gasteiger partial charge in [0.2, 0.25) is 0 Å². The fraction of sp³-hybridized carbons (Fsp3) is 0.222. The number of carbonyl (C=O) groups excluding carboxylic acids is 1. The van der Waals surface area contributed by atoms with Gasteiger partial charge in [0.25, 0.3) is 0 Å². The van der Waals surface area contributed by atoms with Gasteiger partial charge in [0, 0.05) is 11.8 Å². The van der Waals surface area contributed by atoms with Gasteiger partial charge in [-0.15, -0.1) is 10.2 Å². The van der Waals surface area contributed by atoms with Crippen LogP contribution in [0.2, 0.25) is 0 Å². The predicted molar refractivity (Wildman–Crippen MR) is 47.7 cm³/mol. The third-order valence-electron chi connectivity index (χ3n) is 1.99. The van der Waals surface area contributed by atoms with Crippen LogP contribution >= 0.6 is 0 Å². The molecule has 0 amide bonds. The third kappa shape index (κ3) is 1.20. The van der Waals surface area contributed by atoms with Gasteiger partial charge in [-0.25, -0.2) is 0 Å². The van der Waals surface area contributed by atoms with Crippen LogP contribution in [0.3, 0.4) is 0 Å². The van der Waals surface area contributed by atoms with Crippen molar-refractivity contribution in [2.75, 3.05) is 0 Å².